The number of esters is 1. The molecule has 0 atom stereocenters. The molecule has 1 fully saturated rings. The monoisotopic (exact) mass is 539 g/mol. The van der Waals surface area contributed by atoms with Gasteiger partial charge in [-0.3, -0.25) is 14.6 Å². The number of morpholine rings is 1. The van der Waals surface area contributed by atoms with Crippen molar-refractivity contribution in [1.82, 2.24) is 9.88 Å². The fourth-order valence-corrected chi connectivity index (χ4v) is 5.36. The molecule has 188 valence electrons. The van der Waals surface area contributed by atoms with Crippen LogP contribution in [0.25, 0.3) is 10.2 Å². The maximum Gasteiger partial charge on any atom is 0.337 e. The van der Waals surface area contributed by atoms with E-state index in [1.165, 1.54) is 24.5 Å². The Hall–Kier alpha value is -2.57. The van der Waals surface area contributed by atoms with Crippen LogP contribution in [0.5, 0.6) is 0 Å². The van der Waals surface area contributed by atoms with Crippen LogP contribution >= 0.6 is 23.7 Å². The summed E-state index contributed by atoms with van der Waals surface area (Å²) in [5.41, 5.74) is 1.38. The molecule has 1 saturated heterocycles. The molecule has 0 aliphatic carbocycles. The summed E-state index contributed by atoms with van der Waals surface area (Å²) in [6.07, 6.45) is 1.16. The van der Waals surface area contributed by atoms with Gasteiger partial charge in [0, 0.05) is 38.0 Å². The minimum atomic E-state index is -3.36. The third kappa shape index (κ3) is 6.36. The fraction of sp³-hybridized carbons (Fsp3) is 0.348. The van der Waals surface area contributed by atoms with Gasteiger partial charge in [0.2, 0.25) is 0 Å². The van der Waals surface area contributed by atoms with E-state index in [9.17, 15) is 18.0 Å². The van der Waals surface area contributed by atoms with Gasteiger partial charge in [-0.05, 0) is 42.5 Å². The van der Waals surface area contributed by atoms with Crippen molar-refractivity contribution in [2.75, 3.05) is 57.7 Å². The second-order valence-electron chi connectivity index (χ2n) is 7.88. The highest BCUT2D eigenvalue weighted by Crippen LogP contribution is 2.31. The van der Waals surface area contributed by atoms with E-state index in [-0.39, 0.29) is 23.2 Å². The number of benzene rings is 2. The van der Waals surface area contributed by atoms with Crippen LogP contribution in [0.3, 0.4) is 0 Å². The molecule has 4 rings (SSSR count). The summed E-state index contributed by atoms with van der Waals surface area (Å²) < 4.78 is 34.7. The maximum absolute atomic E-state index is 13.5. The molecule has 0 spiro atoms. The van der Waals surface area contributed by atoms with Crippen molar-refractivity contribution in [2.45, 2.75) is 4.90 Å². The van der Waals surface area contributed by atoms with E-state index in [0.29, 0.717) is 52.8 Å². The summed E-state index contributed by atoms with van der Waals surface area (Å²) >= 11 is 1.27. The van der Waals surface area contributed by atoms with E-state index in [4.69, 9.17) is 9.47 Å². The molecule has 1 aromatic heterocycles. The first-order chi connectivity index (χ1) is 16.3. The van der Waals surface area contributed by atoms with Gasteiger partial charge in [0.25, 0.3) is 5.91 Å². The van der Waals surface area contributed by atoms with E-state index in [1.807, 2.05) is 0 Å². The Labute approximate surface area is 214 Å². The maximum atomic E-state index is 13.5. The minimum Gasteiger partial charge on any atom is -0.465 e. The van der Waals surface area contributed by atoms with Crippen LogP contribution in [0.15, 0.2) is 47.4 Å². The van der Waals surface area contributed by atoms with E-state index < -0.39 is 15.8 Å². The second kappa shape index (κ2) is 11.4. The Morgan fingerprint density at radius 3 is 2.40 bits per heavy atom. The molecule has 1 aliphatic heterocycles. The number of ether oxygens (including phenoxy) is 2. The van der Waals surface area contributed by atoms with Crippen molar-refractivity contribution in [3.8, 4) is 0 Å². The Kier molecular flexibility index (Phi) is 8.84. The van der Waals surface area contributed by atoms with E-state index in [2.05, 4.69) is 9.88 Å². The number of fused-ring (bicyclic) bond motifs is 1. The number of methoxy groups -OCH3 is 1. The van der Waals surface area contributed by atoms with Gasteiger partial charge >= 0.3 is 5.97 Å². The van der Waals surface area contributed by atoms with Gasteiger partial charge in [-0.2, -0.15) is 0 Å². The predicted molar refractivity (Wildman–Crippen MR) is 137 cm³/mol. The number of carbonyl (C=O) groups is 2. The fourth-order valence-electron chi connectivity index (χ4n) is 3.61. The molecule has 0 radical (unpaired) electrons. The Morgan fingerprint density at radius 1 is 1.11 bits per heavy atom. The Bertz CT molecular complexity index is 1300. The van der Waals surface area contributed by atoms with Crippen LogP contribution in [0.4, 0.5) is 5.13 Å². The van der Waals surface area contributed by atoms with Gasteiger partial charge < -0.3 is 9.47 Å². The van der Waals surface area contributed by atoms with E-state index in [0.717, 1.165) is 19.3 Å². The van der Waals surface area contributed by atoms with Crippen LogP contribution in [0.1, 0.15) is 20.7 Å². The van der Waals surface area contributed by atoms with Crippen LogP contribution in [-0.4, -0.2) is 82.9 Å². The Balaban J connectivity index is 0.00000342. The largest absolute Gasteiger partial charge is 0.465 e. The first-order valence-corrected chi connectivity index (χ1v) is 13.4. The lowest BCUT2D eigenvalue weighted by Gasteiger charge is -2.29. The zero-order valence-electron chi connectivity index (χ0n) is 19.3. The molecule has 0 N–H and O–H groups in total. The molecule has 35 heavy (non-hydrogen) atoms. The molecule has 0 saturated carbocycles. The normalized spacial score (nSPS) is 14.3. The summed E-state index contributed by atoms with van der Waals surface area (Å²) in [7, 11) is -2.06. The molecule has 1 aliphatic rings. The quantitative estimate of drug-likeness (QED) is 0.422. The summed E-state index contributed by atoms with van der Waals surface area (Å²) in [5, 5.41) is 0.482. The van der Waals surface area contributed by atoms with Crippen LogP contribution in [0.2, 0.25) is 0 Å². The summed E-state index contributed by atoms with van der Waals surface area (Å²) in [5.74, 6) is -0.733. The van der Waals surface area contributed by atoms with Crippen molar-refractivity contribution in [2.24, 2.45) is 0 Å². The average Bonchev–Trinajstić information content (AvgIpc) is 3.27. The van der Waals surface area contributed by atoms with Crippen molar-refractivity contribution < 1.29 is 27.5 Å². The first kappa shape index (κ1) is 27.0. The lowest BCUT2D eigenvalue weighted by Crippen LogP contribution is -2.43. The standard InChI is InChI=1S/C23H25N3O6S2.ClH/c1-31-22(28)17-5-3-16(4-6-17)21(27)26(10-9-25-11-13-32-14-12-25)23-24-19-8-7-18(34(2,29)30)15-20(19)33-23;/h3-8,15H,9-14H2,1-2H3;1H. The number of halogens is 1. The van der Waals surface area contributed by atoms with Crippen molar-refractivity contribution in [1.29, 1.82) is 0 Å². The van der Waals surface area contributed by atoms with E-state index in [1.54, 1.807) is 41.3 Å². The average molecular weight is 540 g/mol. The summed E-state index contributed by atoms with van der Waals surface area (Å²) in [6, 6.07) is 11.0. The second-order valence-corrected chi connectivity index (χ2v) is 10.9. The SMILES string of the molecule is COC(=O)c1ccc(C(=O)N(CCN2CCOCC2)c2nc3ccc(S(C)(=O)=O)cc3s2)cc1.Cl. The number of amides is 1. The number of sulfone groups is 1. The van der Waals surface area contributed by atoms with Crippen LogP contribution < -0.4 is 4.90 Å². The molecule has 0 bridgehead atoms. The molecule has 2 aromatic carbocycles. The number of hydrogen-bond donors (Lipinski definition) is 0. The lowest BCUT2D eigenvalue weighted by molar-refractivity contribution is 0.0391. The molecular weight excluding hydrogens is 514 g/mol. The molecule has 2 heterocycles. The Morgan fingerprint density at radius 2 is 1.77 bits per heavy atom. The first-order valence-electron chi connectivity index (χ1n) is 10.7. The highest BCUT2D eigenvalue weighted by molar-refractivity contribution is 7.90. The van der Waals surface area contributed by atoms with Gasteiger partial charge in [-0.25, -0.2) is 18.2 Å². The van der Waals surface area contributed by atoms with Gasteiger partial charge in [0.05, 0.1) is 41.0 Å². The highest BCUT2D eigenvalue weighted by Gasteiger charge is 2.23. The van der Waals surface area contributed by atoms with Crippen molar-refractivity contribution in [3.05, 3.63) is 53.6 Å². The number of carbonyl (C=O) groups excluding carboxylic acids is 2. The van der Waals surface area contributed by atoms with E-state index >= 15 is 0 Å². The summed E-state index contributed by atoms with van der Waals surface area (Å²) in [4.78, 5) is 33.9. The number of aromatic nitrogens is 1. The predicted octanol–water partition coefficient (Wildman–Crippen LogP) is 2.89. The number of anilines is 1. The molecular formula is C23H26ClN3O6S2. The van der Waals surface area contributed by atoms with Crippen LogP contribution in [0, 0.1) is 0 Å². The smallest absolute Gasteiger partial charge is 0.337 e. The van der Waals surface area contributed by atoms with Crippen LogP contribution in [-0.2, 0) is 19.3 Å². The van der Waals surface area contributed by atoms with Gasteiger partial charge in [0.1, 0.15) is 0 Å². The topological polar surface area (TPSA) is 106 Å². The highest BCUT2D eigenvalue weighted by atomic mass is 35.5. The zero-order chi connectivity index (χ0) is 24.3. The number of thiazole rings is 1. The zero-order valence-corrected chi connectivity index (χ0v) is 21.7. The third-order valence-corrected chi connectivity index (χ3v) is 7.70. The summed E-state index contributed by atoms with van der Waals surface area (Å²) in [6.45, 7) is 3.91. The van der Waals surface area contributed by atoms with Gasteiger partial charge in [-0.15, -0.1) is 12.4 Å². The van der Waals surface area contributed by atoms with Crippen molar-refractivity contribution >= 4 is 60.8 Å². The third-order valence-electron chi connectivity index (χ3n) is 5.55. The molecule has 1 amide bonds. The van der Waals surface area contributed by atoms with Gasteiger partial charge in [-0.1, -0.05) is 11.3 Å². The molecule has 12 heteroatoms. The number of nitrogens with zero attached hydrogens (tertiary/aromatic N) is 3. The number of hydrogen-bond acceptors (Lipinski definition) is 9. The minimum absolute atomic E-state index is 0. The molecule has 0 unspecified atom stereocenters. The lowest BCUT2D eigenvalue weighted by atomic mass is 10.1. The van der Waals surface area contributed by atoms with Gasteiger partial charge in [0.15, 0.2) is 15.0 Å². The molecule has 3 aromatic rings. The number of rotatable bonds is 7. The van der Waals surface area contributed by atoms with Crippen molar-refractivity contribution in [3.63, 3.8) is 0 Å². The molecule has 9 nitrogen and oxygen atoms in total.